The Hall–Kier alpha value is -0.530. The summed E-state index contributed by atoms with van der Waals surface area (Å²) < 4.78 is 12.3. The number of allylic oxidation sites excluding steroid dienone is 1. The summed E-state index contributed by atoms with van der Waals surface area (Å²) >= 11 is 0. The van der Waals surface area contributed by atoms with Crippen LogP contribution in [0.1, 0.15) is 12.8 Å². The Kier molecular flexibility index (Phi) is 1.51. The van der Waals surface area contributed by atoms with Crippen LogP contribution < -0.4 is 5.32 Å². The highest BCUT2D eigenvalue weighted by atomic mass is 19.1. The van der Waals surface area contributed by atoms with Gasteiger partial charge in [-0.15, -0.1) is 0 Å². The molecule has 0 aromatic rings. The molecule has 8 heavy (non-hydrogen) atoms. The Morgan fingerprint density at radius 3 is 2.88 bits per heavy atom. The second-order valence-corrected chi connectivity index (χ2v) is 2.12. The highest BCUT2D eigenvalue weighted by Crippen LogP contribution is 2.10. The molecule has 1 unspecified atom stereocenters. The number of alkyl halides is 1. The van der Waals surface area contributed by atoms with Crippen molar-refractivity contribution in [3.63, 3.8) is 0 Å². The van der Waals surface area contributed by atoms with Crippen LogP contribution in [0.3, 0.4) is 0 Å². The van der Waals surface area contributed by atoms with Crippen molar-refractivity contribution >= 4 is 0 Å². The van der Waals surface area contributed by atoms with Gasteiger partial charge in [0.15, 0.2) is 0 Å². The fourth-order valence-electron chi connectivity index (χ4n) is 0.776. The number of hydrogen-bond donors (Lipinski definition) is 1. The summed E-state index contributed by atoms with van der Waals surface area (Å²) in [5, 5.41) is 2.86. The molecule has 1 aliphatic heterocycles. The van der Waals surface area contributed by atoms with E-state index in [1.165, 1.54) is 0 Å². The average Bonchev–Trinajstić information content (AvgIpc) is 1.77. The summed E-state index contributed by atoms with van der Waals surface area (Å²) in [6.45, 7) is 4.13. The van der Waals surface area contributed by atoms with Gasteiger partial charge in [-0.3, -0.25) is 0 Å². The summed E-state index contributed by atoms with van der Waals surface area (Å²) in [7, 11) is 0. The molecule has 0 spiro atoms. The first-order valence-corrected chi connectivity index (χ1v) is 2.85. The Morgan fingerprint density at radius 1 is 1.75 bits per heavy atom. The fraction of sp³-hybridized carbons (Fsp3) is 0.667. The summed E-state index contributed by atoms with van der Waals surface area (Å²) in [6.07, 6.45) is 0.785. The quantitative estimate of drug-likeness (QED) is 0.500. The summed E-state index contributed by atoms with van der Waals surface area (Å²) in [4.78, 5) is 0. The van der Waals surface area contributed by atoms with Crippen molar-refractivity contribution < 1.29 is 4.39 Å². The molecule has 0 bridgehead atoms. The van der Waals surface area contributed by atoms with Crippen LogP contribution in [-0.2, 0) is 0 Å². The first-order chi connectivity index (χ1) is 3.79. The maximum atomic E-state index is 12.3. The number of hydrogen-bond acceptors (Lipinski definition) is 1. The van der Waals surface area contributed by atoms with Gasteiger partial charge in [0.05, 0.1) is 0 Å². The molecule has 0 saturated carbocycles. The lowest BCUT2D eigenvalue weighted by atomic mass is 10.1. The van der Waals surface area contributed by atoms with E-state index in [1.807, 2.05) is 0 Å². The van der Waals surface area contributed by atoms with Crippen molar-refractivity contribution in [3.05, 3.63) is 12.3 Å². The second-order valence-electron chi connectivity index (χ2n) is 2.12. The SMILES string of the molecule is C=C1CCC(F)CN1. The zero-order valence-electron chi connectivity index (χ0n) is 4.78. The zero-order valence-corrected chi connectivity index (χ0v) is 4.78. The van der Waals surface area contributed by atoms with Crippen LogP contribution in [-0.4, -0.2) is 12.7 Å². The van der Waals surface area contributed by atoms with E-state index in [0.717, 1.165) is 12.1 Å². The van der Waals surface area contributed by atoms with Gasteiger partial charge in [0.2, 0.25) is 0 Å². The second kappa shape index (κ2) is 2.16. The van der Waals surface area contributed by atoms with Gasteiger partial charge in [-0.2, -0.15) is 0 Å². The predicted octanol–water partition coefficient (Wildman–Crippen LogP) is 1.22. The molecule has 0 aromatic heterocycles. The van der Waals surface area contributed by atoms with Gasteiger partial charge in [-0.05, 0) is 12.8 Å². The van der Waals surface area contributed by atoms with Crippen LogP contribution >= 0.6 is 0 Å². The minimum atomic E-state index is -0.652. The highest BCUT2D eigenvalue weighted by Gasteiger charge is 2.11. The van der Waals surface area contributed by atoms with E-state index in [4.69, 9.17) is 0 Å². The Balaban J connectivity index is 2.29. The first kappa shape index (κ1) is 5.60. The van der Waals surface area contributed by atoms with E-state index in [9.17, 15) is 4.39 Å². The molecule has 1 atom stereocenters. The smallest absolute Gasteiger partial charge is 0.118 e. The normalized spacial score (nSPS) is 29.6. The fourth-order valence-corrected chi connectivity index (χ4v) is 0.776. The molecule has 2 heteroatoms. The third kappa shape index (κ3) is 1.22. The van der Waals surface area contributed by atoms with Crippen LogP contribution in [0.25, 0.3) is 0 Å². The zero-order chi connectivity index (χ0) is 5.98. The van der Waals surface area contributed by atoms with Crippen LogP contribution in [0.15, 0.2) is 12.3 Å². The molecule has 1 nitrogen and oxygen atoms in total. The van der Waals surface area contributed by atoms with Gasteiger partial charge >= 0.3 is 0 Å². The first-order valence-electron chi connectivity index (χ1n) is 2.85. The lowest BCUT2D eigenvalue weighted by Crippen LogP contribution is -2.28. The van der Waals surface area contributed by atoms with Gasteiger partial charge in [-0.1, -0.05) is 6.58 Å². The number of rotatable bonds is 0. The van der Waals surface area contributed by atoms with Crippen LogP contribution in [0.2, 0.25) is 0 Å². The minimum Gasteiger partial charge on any atom is -0.386 e. The van der Waals surface area contributed by atoms with E-state index in [1.54, 1.807) is 0 Å². The van der Waals surface area contributed by atoms with Crippen molar-refractivity contribution in [2.24, 2.45) is 0 Å². The van der Waals surface area contributed by atoms with E-state index in [2.05, 4.69) is 11.9 Å². The molecule has 46 valence electrons. The molecule has 1 saturated heterocycles. The van der Waals surface area contributed by atoms with Crippen molar-refractivity contribution in [1.29, 1.82) is 0 Å². The molecule has 1 fully saturated rings. The Morgan fingerprint density at radius 2 is 2.50 bits per heavy atom. The van der Waals surface area contributed by atoms with E-state index in [0.29, 0.717) is 13.0 Å². The maximum Gasteiger partial charge on any atom is 0.118 e. The molecule has 0 amide bonds. The standard InChI is InChI=1S/C6H10FN/c1-5-2-3-6(7)4-8-5/h6,8H,1-4H2. The van der Waals surface area contributed by atoms with Crippen LogP contribution in [0.4, 0.5) is 4.39 Å². The highest BCUT2D eigenvalue weighted by molar-refractivity contribution is 4.95. The Labute approximate surface area is 48.6 Å². The summed E-state index contributed by atoms with van der Waals surface area (Å²) in [5.74, 6) is 0. The van der Waals surface area contributed by atoms with Gasteiger partial charge in [0.25, 0.3) is 0 Å². The van der Waals surface area contributed by atoms with Gasteiger partial charge < -0.3 is 5.32 Å². The summed E-state index contributed by atoms with van der Waals surface area (Å²) in [6, 6.07) is 0. The van der Waals surface area contributed by atoms with Crippen molar-refractivity contribution in [2.75, 3.05) is 6.54 Å². The number of piperidine rings is 1. The summed E-state index contributed by atoms with van der Waals surface area (Å²) in [5.41, 5.74) is 0.971. The monoisotopic (exact) mass is 115 g/mol. The molecule has 1 aliphatic rings. The third-order valence-electron chi connectivity index (χ3n) is 1.33. The third-order valence-corrected chi connectivity index (χ3v) is 1.33. The number of halogens is 1. The molecular weight excluding hydrogens is 105 g/mol. The lowest BCUT2D eigenvalue weighted by Gasteiger charge is -2.18. The van der Waals surface area contributed by atoms with Crippen LogP contribution in [0, 0.1) is 0 Å². The van der Waals surface area contributed by atoms with E-state index in [-0.39, 0.29) is 0 Å². The van der Waals surface area contributed by atoms with Crippen LogP contribution in [0.5, 0.6) is 0 Å². The molecular formula is C6H10FN. The van der Waals surface area contributed by atoms with Crippen molar-refractivity contribution in [2.45, 2.75) is 19.0 Å². The van der Waals surface area contributed by atoms with E-state index < -0.39 is 6.17 Å². The van der Waals surface area contributed by atoms with Gasteiger partial charge in [-0.25, -0.2) is 4.39 Å². The minimum absolute atomic E-state index is 0.457. The topological polar surface area (TPSA) is 12.0 Å². The molecule has 1 N–H and O–H groups in total. The predicted molar refractivity (Wildman–Crippen MR) is 31.3 cm³/mol. The maximum absolute atomic E-state index is 12.3. The van der Waals surface area contributed by atoms with Gasteiger partial charge in [0.1, 0.15) is 6.17 Å². The van der Waals surface area contributed by atoms with Gasteiger partial charge in [0, 0.05) is 12.2 Å². The molecule has 0 radical (unpaired) electrons. The molecule has 0 aromatic carbocycles. The Bertz CT molecular complexity index is 90.7. The van der Waals surface area contributed by atoms with Crippen molar-refractivity contribution in [3.8, 4) is 0 Å². The van der Waals surface area contributed by atoms with E-state index >= 15 is 0 Å². The largest absolute Gasteiger partial charge is 0.386 e. The van der Waals surface area contributed by atoms with Crippen molar-refractivity contribution in [1.82, 2.24) is 5.32 Å². The molecule has 1 rings (SSSR count). The molecule has 0 aliphatic carbocycles. The molecule has 1 heterocycles. The number of nitrogens with one attached hydrogen (secondary N) is 1. The lowest BCUT2D eigenvalue weighted by molar-refractivity contribution is 0.285. The average molecular weight is 115 g/mol.